The van der Waals surface area contributed by atoms with E-state index in [-0.39, 0.29) is 29.7 Å². The predicted molar refractivity (Wildman–Crippen MR) is 113 cm³/mol. The van der Waals surface area contributed by atoms with Crippen molar-refractivity contribution in [3.8, 4) is 11.5 Å². The zero-order chi connectivity index (χ0) is 19.7. The lowest BCUT2D eigenvalue weighted by Crippen LogP contribution is -2.36. The Bertz CT molecular complexity index is 770. The molecule has 0 fully saturated rings. The number of halogens is 4. The molecule has 0 bridgehead atoms. The van der Waals surface area contributed by atoms with Crippen LogP contribution in [0.2, 0.25) is 0 Å². The molecule has 9 heteroatoms. The lowest BCUT2D eigenvalue weighted by molar-refractivity contribution is -0.153. The van der Waals surface area contributed by atoms with E-state index in [1.165, 1.54) is 6.07 Å². The third-order valence-corrected chi connectivity index (χ3v) is 3.62. The Morgan fingerprint density at radius 3 is 2.43 bits per heavy atom. The van der Waals surface area contributed by atoms with Crippen LogP contribution in [-0.4, -0.2) is 32.9 Å². The van der Waals surface area contributed by atoms with E-state index in [4.69, 9.17) is 9.47 Å². The zero-order valence-corrected chi connectivity index (χ0v) is 17.9. The largest absolute Gasteiger partial charge is 0.496 e. The molecule has 28 heavy (non-hydrogen) atoms. The van der Waals surface area contributed by atoms with Crippen molar-refractivity contribution in [3.63, 3.8) is 0 Å². The number of ether oxygens (including phenoxy) is 2. The first-order valence-corrected chi connectivity index (χ1v) is 8.26. The van der Waals surface area contributed by atoms with Crippen LogP contribution in [0.1, 0.15) is 11.1 Å². The number of nitrogens with zero attached hydrogens (tertiary/aromatic N) is 1. The predicted octanol–water partition coefficient (Wildman–Crippen LogP) is 4.12. The van der Waals surface area contributed by atoms with Crippen molar-refractivity contribution in [2.75, 3.05) is 20.8 Å². The molecule has 0 atom stereocenters. The lowest BCUT2D eigenvalue weighted by atomic mass is 10.2. The minimum absolute atomic E-state index is 0. The molecule has 0 aromatic heterocycles. The molecule has 0 aliphatic rings. The number of hydrogen-bond acceptors (Lipinski definition) is 3. The number of guanidine groups is 1. The van der Waals surface area contributed by atoms with Gasteiger partial charge in [0.1, 0.15) is 11.5 Å². The van der Waals surface area contributed by atoms with E-state index in [0.717, 1.165) is 16.9 Å². The molecule has 2 aromatic rings. The van der Waals surface area contributed by atoms with E-state index in [2.05, 4.69) is 15.6 Å². The molecule has 2 rings (SSSR count). The van der Waals surface area contributed by atoms with Crippen molar-refractivity contribution < 1.29 is 22.6 Å². The zero-order valence-electron chi connectivity index (χ0n) is 15.5. The Balaban J connectivity index is 0.00000392. The van der Waals surface area contributed by atoms with Gasteiger partial charge in [0.25, 0.3) is 0 Å². The molecule has 0 spiro atoms. The Morgan fingerprint density at radius 2 is 1.75 bits per heavy atom. The van der Waals surface area contributed by atoms with E-state index >= 15 is 0 Å². The second-order valence-electron chi connectivity index (χ2n) is 5.64. The Morgan fingerprint density at radius 1 is 1.04 bits per heavy atom. The summed E-state index contributed by atoms with van der Waals surface area (Å²) in [5, 5.41) is 6.28. The van der Waals surface area contributed by atoms with Crippen LogP contribution in [0.5, 0.6) is 11.5 Å². The fourth-order valence-corrected chi connectivity index (χ4v) is 2.34. The monoisotopic (exact) mass is 509 g/mol. The Labute approximate surface area is 179 Å². The van der Waals surface area contributed by atoms with Crippen LogP contribution >= 0.6 is 24.0 Å². The topological polar surface area (TPSA) is 54.9 Å². The van der Waals surface area contributed by atoms with E-state index in [1.54, 1.807) is 32.4 Å². The smallest absolute Gasteiger partial charge is 0.422 e. The van der Waals surface area contributed by atoms with Gasteiger partial charge in [-0.05, 0) is 23.8 Å². The van der Waals surface area contributed by atoms with Gasteiger partial charge >= 0.3 is 6.18 Å². The lowest BCUT2D eigenvalue weighted by Gasteiger charge is -2.14. The standard InChI is InChI=1S/C19H22F3N3O2.HI/c1-23-18(25-12-15-7-3-4-9-17(15)26-2)24-11-14-6-5-8-16(10-14)27-13-19(20,21)22;/h3-10H,11-13H2,1-2H3,(H2,23,24,25);1H. The Hall–Kier alpha value is -2.17. The summed E-state index contributed by atoms with van der Waals surface area (Å²) in [6.45, 7) is -0.417. The molecule has 5 nitrogen and oxygen atoms in total. The maximum atomic E-state index is 12.3. The SMILES string of the molecule is CN=C(NCc1cccc(OCC(F)(F)F)c1)NCc1ccccc1OC.I. The van der Waals surface area contributed by atoms with Gasteiger partial charge in [0, 0.05) is 25.7 Å². The van der Waals surface area contributed by atoms with Crippen molar-refractivity contribution in [3.05, 3.63) is 59.7 Å². The maximum absolute atomic E-state index is 12.3. The second kappa shape index (κ2) is 11.6. The highest BCUT2D eigenvalue weighted by Gasteiger charge is 2.28. The molecule has 0 saturated heterocycles. The van der Waals surface area contributed by atoms with Crippen molar-refractivity contribution >= 4 is 29.9 Å². The molecule has 154 valence electrons. The van der Waals surface area contributed by atoms with E-state index < -0.39 is 12.8 Å². The van der Waals surface area contributed by atoms with Crippen LogP contribution in [-0.2, 0) is 13.1 Å². The molecule has 0 unspecified atom stereocenters. The van der Waals surface area contributed by atoms with Crippen LogP contribution in [0.4, 0.5) is 13.2 Å². The molecule has 0 heterocycles. The van der Waals surface area contributed by atoms with Crippen LogP contribution in [0.15, 0.2) is 53.5 Å². The van der Waals surface area contributed by atoms with Crippen LogP contribution in [0.3, 0.4) is 0 Å². The molecule has 2 N–H and O–H groups in total. The number of para-hydroxylation sites is 1. The van der Waals surface area contributed by atoms with Gasteiger partial charge in [0.15, 0.2) is 12.6 Å². The highest BCUT2D eigenvalue weighted by atomic mass is 127. The average molecular weight is 509 g/mol. The van der Waals surface area contributed by atoms with Crippen LogP contribution in [0.25, 0.3) is 0 Å². The summed E-state index contributed by atoms with van der Waals surface area (Å²) in [5.41, 5.74) is 1.75. The Kier molecular flexibility index (Phi) is 9.91. The number of hydrogen-bond donors (Lipinski definition) is 2. The number of aliphatic imine (C=N–C) groups is 1. The summed E-state index contributed by atoms with van der Waals surface area (Å²) in [6, 6.07) is 14.1. The molecular formula is C19H23F3IN3O2. The average Bonchev–Trinajstić information content (AvgIpc) is 2.66. The minimum Gasteiger partial charge on any atom is -0.496 e. The van der Waals surface area contributed by atoms with Crippen LogP contribution in [0, 0.1) is 0 Å². The van der Waals surface area contributed by atoms with Crippen molar-refractivity contribution in [1.29, 1.82) is 0 Å². The van der Waals surface area contributed by atoms with Gasteiger partial charge in [-0.2, -0.15) is 13.2 Å². The molecule has 0 amide bonds. The maximum Gasteiger partial charge on any atom is 0.422 e. The first kappa shape index (κ1) is 23.9. The summed E-state index contributed by atoms with van der Waals surface area (Å²) < 4.78 is 46.8. The van der Waals surface area contributed by atoms with Gasteiger partial charge in [0.05, 0.1) is 7.11 Å². The van der Waals surface area contributed by atoms with Gasteiger partial charge in [-0.25, -0.2) is 0 Å². The number of methoxy groups -OCH3 is 1. The summed E-state index contributed by atoms with van der Waals surface area (Å²) in [4.78, 5) is 4.14. The van der Waals surface area contributed by atoms with E-state index in [9.17, 15) is 13.2 Å². The van der Waals surface area contributed by atoms with Crippen molar-refractivity contribution in [2.24, 2.45) is 4.99 Å². The van der Waals surface area contributed by atoms with Gasteiger partial charge in [-0.3, -0.25) is 4.99 Å². The summed E-state index contributed by atoms with van der Waals surface area (Å²) in [5.74, 6) is 1.50. The van der Waals surface area contributed by atoms with Gasteiger partial charge in [-0.15, -0.1) is 24.0 Å². The summed E-state index contributed by atoms with van der Waals surface area (Å²) >= 11 is 0. The number of alkyl halides is 3. The highest BCUT2D eigenvalue weighted by molar-refractivity contribution is 14.0. The fraction of sp³-hybridized carbons (Fsp3) is 0.316. The van der Waals surface area contributed by atoms with Crippen molar-refractivity contribution in [1.82, 2.24) is 10.6 Å². The number of nitrogens with one attached hydrogen (secondary N) is 2. The van der Waals surface area contributed by atoms with Gasteiger partial charge in [-0.1, -0.05) is 30.3 Å². The third kappa shape index (κ3) is 8.24. The quantitative estimate of drug-likeness (QED) is 0.335. The van der Waals surface area contributed by atoms with Gasteiger partial charge < -0.3 is 20.1 Å². The van der Waals surface area contributed by atoms with E-state index in [1.807, 2.05) is 24.3 Å². The number of rotatable bonds is 7. The minimum atomic E-state index is -4.36. The molecule has 0 aliphatic carbocycles. The fourth-order valence-electron chi connectivity index (χ4n) is 2.34. The summed E-state index contributed by atoms with van der Waals surface area (Å²) in [6.07, 6.45) is -4.36. The molecular weight excluding hydrogens is 486 g/mol. The van der Waals surface area contributed by atoms with Crippen LogP contribution < -0.4 is 20.1 Å². The third-order valence-electron chi connectivity index (χ3n) is 3.62. The van der Waals surface area contributed by atoms with Crippen molar-refractivity contribution in [2.45, 2.75) is 19.3 Å². The second-order valence-corrected chi connectivity index (χ2v) is 5.64. The first-order valence-electron chi connectivity index (χ1n) is 8.26. The van der Waals surface area contributed by atoms with E-state index in [0.29, 0.717) is 19.0 Å². The molecule has 0 aliphatic heterocycles. The molecule has 0 saturated carbocycles. The highest BCUT2D eigenvalue weighted by Crippen LogP contribution is 2.19. The molecule has 2 aromatic carbocycles. The van der Waals surface area contributed by atoms with Gasteiger partial charge in [0.2, 0.25) is 0 Å². The molecule has 0 radical (unpaired) electrons. The normalized spacial score (nSPS) is 11.4. The first-order chi connectivity index (χ1) is 12.9. The summed E-state index contributed by atoms with van der Waals surface area (Å²) in [7, 11) is 3.25. The number of benzene rings is 2.